The van der Waals surface area contributed by atoms with Gasteiger partial charge in [-0.05, 0) is 0 Å². The van der Waals surface area contributed by atoms with Crippen molar-refractivity contribution in [2.24, 2.45) is 0 Å². The zero-order chi connectivity index (χ0) is 15.1. The van der Waals surface area contributed by atoms with Gasteiger partial charge in [-0.25, -0.2) is 4.79 Å². The highest BCUT2D eigenvalue weighted by molar-refractivity contribution is 9.09. The van der Waals surface area contributed by atoms with Crippen molar-refractivity contribution in [1.82, 2.24) is 0 Å². The van der Waals surface area contributed by atoms with Crippen LogP contribution in [0.2, 0.25) is 0 Å². The molecule has 0 aliphatic rings. The minimum absolute atomic E-state index is 0.260. The van der Waals surface area contributed by atoms with Crippen LogP contribution in [0, 0.1) is 11.8 Å². The van der Waals surface area contributed by atoms with E-state index >= 15 is 0 Å². The molecular formula is C14H15BrO5. The first-order valence-electron chi connectivity index (χ1n) is 5.60. The molecule has 0 heterocycles. The van der Waals surface area contributed by atoms with Crippen molar-refractivity contribution in [3.8, 4) is 29.1 Å². The van der Waals surface area contributed by atoms with E-state index in [9.17, 15) is 4.79 Å². The Morgan fingerprint density at radius 2 is 1.80 bits per heavy atom. The fourth-order valence-corrected chi connectivity index (χ4v) is 1.81. The molecule has 5 nitrogen and oxygen atoms in total. The third kappa shape index (κ3) is 3.17. The van der Waals surface area contributed by atoms with Crippen LogP contribution in [0.15, 0.2) is 6.07 Å². The molecule has 0 saturated carbocycles. The zero-order valence-corrected chi connectivity index (χ0v) is 13.3. The van der Waals surface area contributed by atoms with Crippen molar-refractivity contribution in [1.29, 1.82) is 0 Å². The molecule has 0 aliphatic carbocycles. The molecule has 1 aromatic carbocycles. The molecule has 6 heteroatoms. The predicted molar refractivity (Wildman–Crippen MR) is 78.1 cm³/mol. The van der Waals surface area contributed by atoms with Crippen LogP contribution in [0.3, 0.4) is 0 Å². The highest BCUT2D eigenvalue weighted by Gasteiger charge is 2.23. The summed E-state index contributed by atoms with van der Waals surface area (Å²) >= 11 is 3.21. The van der Waals surface area contributed by atoms with Gasteiger partial charge in [-0.1, -0.05) is 27.8 Å². The molecule has 0 amide bonds. The average molecular weight is 343 g/mol. The number of halogens is 1. The maximum Gasteiger partial charge on any atom is 0.339 e. The Kier molecular flexibility index (Phi) is 6.19. The van der Waals surface area contributed by atoms with Crippen molar-refractivity contribution < 1.29 is 23.7 Å². The summed E-state index contributed by atoms with van der Waals surface area (Å²) in [6, 6.07) is 1.52. The highest BCUT2D eigenvalue weighted by atomic mass is 79.9. The second-order valence-electron chi connectivity index (χ2n) is 3.49. The van der Waals surface area contributed by atoms with E-state index in [4.69, 9.17) is 18.9 Å². The van der Waals surface area contributed by atoms with E-state index in [1.807, 2.05) is 0 Å². The SMILES string of the molecule is COC(=O)c1cc(OC)c(OC)c(OC)c1C#CCBr. The van der Waals surface area contributed by atoms with Gasteiger partial charge >= 0.3 is 5.97 Å². The molecule has 0 bridgehead atoms. The summed E-state index contributed by atoms with van der Waals surface area (Å²) in [6.45, 7) is 0. The quantitative estimate of drug-likeness (QED) is 0.477. The van der Waals surface area contributed by atoms with E-state index in [-0.39, 0.29) is 5.56 Å². The molecule has 0 unspecified atom stereocenters. The van der Waals surface area contributed by atoms with E-state index in [0.29, 0.717) is 28.1 Å². The molecule has 1 aromatic rings. The maximum absolute atomic E-state index is 11.9. The lowest BCUT2D eigenvalue weighted by molar-refractivity contribution is 0.0599. The summed E-state index contributed by atoms with van der Waals surface area (Å²) in [5, 5.41) is 0.463. The molecule has 0 aromatic heterocycles. The van der Waals surface area contributed by atoms with Gasteiger partial charge < -0.3 is 18.9 Å². The largest absolute Gasteiger partial charge is 0.493 e. The van der Waals surface area contributed by atoms with Gasteiger partial charge in [0.1, 0.15) is 0 Å². The van der Waals surface area contributed by atoms with Gasteiger partial charge in [0.25, 0.3) is 0 Å². The number of esters is 1. The van der Waals surface area contributed by atoms with Gasteiger partial charge in [-0.15, -0.1) is 0 Å². The van der Waals surface area contributed by atoms with E-state index in [1.165, 1.54) is 34.5 Å². The number of benzene rings is 1. The molecule has 1 rings (SSSR count). The molecule has 0 atom stereocenters. The number of methoxy groups -OCH3 is 4. The first-order chi connectivity index (χ1) is 9.64. The third-order valence-electron chi connectivity index (χ3n) is 2.52. The molecule has 0 fully saturated rings. The number of carbonyl (C=O) groups is 1. The normalized spacial score (nSPS) is 9.25. The first-order valence-corrected chi connectivity index (χ1v) is 6.72. The van der Waals surface area contributed by atoms with Crippen LogP contribution >= 0.6 is 15.9 Å². The Morgan fingerprint density at radius 1 is 1.15 bits per heavy atom. The van der Waals surface area contributed by atoms with Gasteiger partial charge in [0.05, 0.1) is 44.9 Å². The molecule has 0 aliphatic heterocycles. The van der Waals surface area contributed by atoms with Crippen molar-refractivity contribution in [2.45, 2.75) is 0 Å². The lowest BCUT2D eigenvalue weighted by atomic mass is 10.0. The van der Waals surface area contributed by atoms with Gasteiger partial charge in [0, 0.05) is 6.07 Å². The third-order valence-corrected chi connectivity index (χ3v) is 2.80. The van der Waals surface area contributed by atoms with E-state index in [1.54, 1.807) is 0 Å². The Morgan fingerprint density at radius 3 is 2.25 bits per heavy atom. The fourth-order valence-electron chi connectivity index (χ4n) is 1.67. The number of hydrogen-bond donors (Lipinski definition) is 0. The number of rotatable bonds is 4. The van der Waals surface area contributed by atoms with Gasteiger partial charge in [0.15, 0.2) is 11.5 Å². The van der Waals surface area contributed by atoms with E-state index in [2.05, 4.69) is 27.8 Å². The van der Waals surface area contributed by atoms with Gasteiger partial charge in [0.2, 0.25) is 5.75 Å². The molecular weight excluding hydrogens is 328 g/mol. The summed E-state index contributed by atoms with van der Waals surface area (Å²) in [4.78, 5) is 11.9. The van der Waals surface area contributed by atoms with Crippen LogP contribution in [0.4, 0.5) is 0 Å². The molecule has 0 radical (unpaired) electrons. The van der Waals surface area contributed by atoms with Crippen molar-refractivity contribution in [2.75, 3.05) is 33.8 Å². The lowest BCUT2D eigenvalue weighted by Gasteiger charge is -2.16. The van der Waals surface area contributed by atoms with E-state index < -0.39 is 5.97 Å². The van der Waals surface area contributed by atoms with Crippen molar-refractivity contribution >= 4 is 21.9 Å². The van der Waals surface area contributed by atoms with Gasteiger partial charge in [-0.3, -0.25) is 0 Å². The number of hydrogen-bond acceptors (Lipinski definition) is 5. The molecule has 0 spiro atoms. The summed E-state index contributed by atoms with van der Waals surface area (Å²) in [7, 11) is 5.73. The summed E-state index contributed by atoms with van der Waals surface area (Å²) < 4.78 is 20.5. The summed E-state index contributed by atoms with van der Waals surface area (Å²) in [5.74, 6) is 6.25. The first kappa shape index (κ1) is 16.2. The topological polar surface area (TPSA) is 54.0 Å². The Bertz CT molecular complexity index is 557. The van der Waals surface area contributed by atoms with Crippen LogP contribution < -0.4 is 14.2 Å². The van der Waals surface area contributed by atoms with Crippen LogP contribution in [-0.2, 0) is 4.74 Å². The molecule has 0 N–H and O–H groups in total. The molecule has 108 valence electrons. The molecule has 20 heavy (non-hydrogen) atoms. The molecule has 0 saturated heterocycles. The smallest absolute Gasteiger partial charge is 0.339 e. The minimum Gasteiger partial charge on any atom is -0.493 e. The standard InChI is InChI=1S/C14H15BrO5/c1-17-11-8-10(14(16)20-4)9(6-5-7-15)12(18-2)13(11)19-3/h8H,7H2,1-4H3. The Hall–Kier alpha value is -1.87. The Balaban J connectivity index is 3.68. The zero-order valence-electron chi connectivity index (χ0n) is 11.7. The maximum atomic E-state index is 11.9. The number of alkyl halides is 1. The lowest BCUT2D eigenvalue weighted by Crippen LogP contribution is -2.08. The highest BCUT2D eigenvalue weighted by Crippen LogP contribution is 2.41. The van der Waals surface area contributed by atoms with Gasteiger partial charge in [-0.2, -0.15) is 0 Å². The summed E-state index contributed by atoms with van der Waals surface area (Å²) in [6.07, 6.45) is 0. The van der Waals surface area contributed by atoms with Crippen LogP contribution in [0.25, 0.3) is 0 Å². The number of ether oxygens (including phenoxy) is 4. The second-order valence-corrected chi connectivity index (χ2v) is 4.06. The van der Waals surface area contributed by atoms with Crippen LogP contribution in [0.5, 0.6) is 17.2 Å². The average Bonchev–Trinajstić information content (AvgIpc) is 2.50. The monoisotopic (exact) mass is 342 g/mol. The van der Waals surface area contributed by atoms with Crippen LogP contribution in [0.1, 0.15) is 15.9 Å². The van der Waals surface area contributed by atoms with Crippen molar-refractivity contribution in [3.05, 3.63) is 17.2 Å². The minimum atomic E-state index is -0.525. The fraction of sp³-hybridized carbons (Fsp3) is 0.357. The number of carbonyl (C=O) groups excluding carboxylic acids is 1. The summed E-state index contributed by atoms with van der Waals surface area (Å²) in [5.41, 5.74) is 0.659. The second kappa shape index (κ2) is 7.65. The Labute approximate surface area is 126 Å². The van der Waals surface area contributed by atoms with Crippen LogP contribution in [-0.4, -0.2) is 39.7 Å². The van der Waals surface area contributed by atoms with E-state index in [0.717, 1.165) is 0 Å². The predicted octanol–water partition coefficient (Wildman–Crippen LogP) is 2.25. The van der Waals surface area contributed by atoms with Crippen molar-refractivity contribution in [3.63, 3.8) is 0 Å².